The highest BCUT2D eigenvalue weighted by atomic mass is 31.2. The van der Waals surface area contributed by atoms with Crippen molar-refractivity contribution in [3.05, 3.63) is 6.33 Å². The second-order valence-electron chi connectivity index (χ2n) is 8.25. The van der Waals surface area contributed by atoms with Gasteiger partial charge in [-0.05, 0) is 26.7 Å². The summed E-state index contributed by atoms with van der Waals surface area (Å²) >= 11 is 0. The average molecular weight is 490 g/mol. The minimum atomic E-state index is -4.36. The van der Waals surface area contributed by atoms with E-state index in [1.807, 2.05) is 0 Å². The molecule has 0 aliphatic rings. The fourth-order valence-corrected chi connectivity index (χ4v) is 4.45. The van der Waals surface area contributed by atoms with Crippen molar-refractivity contribution < 1.29 is 34.0 Å². The zero-order chi connectivity index (χ0) is 25.0. The number of anilines is 2. The van der Waals surface area contributed by atoms with Crippen molar-refractivity contribution in [3.8, 4) is 0 Å². The van der Waals surface area contributed by atoms with Gasteiger partial charge in [0.15, 0.2) is 28.6 Å². The lowest BCUT2D eigenvalue weighted by molar-refractivity contribution is -0.107. The Hall–Kier alpha value is -1.86. The molecule has 2 heterocycles. The van der Waals surface area contributed by atoms with E-state index in [-0.39, 0.29) is 31.0 Å². The Balaban J connectivity index is 2.25. The molecular formula is C19H35N6O7P. The van der Waals surface area contributed by atoms with E-state index >= 15 is 0 Å². The Morgan fingerprint density at radius 1 is 1.30 bits per heavy atom. The van der Waals surface area contributed by atoms with Gasteiger partial charge in [0, 0.05) is 13.5 Å². The Bertz CT molecular complexity index is 987. The molecular weight excluding hydrogens is 455 g/mol. The smallest absolute Gasteiger partial charge is 0.359 e. The third kappa shape index (κ3) is 5.99. The maximum absolute atomic E-state index is 12.6. The van der Waals surface area contributed by atoms with Crippen LogP contribution in [0.25, 0.3) is 11.2 Å². The average Bonchev–Trinajstić information content (AvgIpc) is 3.18. The van der Waals surface area contributed by atoms with Gasteiger partial charge in [-0.1, -0.05) is 13.8 Å². The molecule has 33 heavy (non-hydrogen) atoms. The quantitative estimate of drug-likeness (QED) is 0.220. The van der Waals surface area contributed by atoms with Gasteiger partial charge in [-0.2, -0.15) is 9.97 Å². The summed E-state index contributed by atoms with van der Waals surface area (Å²) in [5, 5.41) is 31.2. The van der Waals surface area contributed by atoms with Crippen LogP contribution < -0.4 is 11.1 Å². The van der Waals surface area contributed by atoms with Crippen LogP contribution in [0.1, 0.15) is 53.2 Å². The van der Waals surface area contributed by atoms with Crippen molar-refractivity contribution in [2.24, 2.45) is 0 Å². The van der Waals surface area contributed by atoms with Crippen molar-refractivity contribution in [1.82, 2.24) is 19.5 Å². The first-order chi connectivity index (χ1) is 15.3. The lowest BCUT2D eigenvalue weighted by Gasteiger charge is -2.36. The molecule has 0 spiro atoms. The largest absolute Gasteiger partial charge is 0.394 e. The second-order valence-corrected chi connectivity index (χ2v) is 10.4. The standard InChI is InChI=1S/C19H35N6O7P/c1-6-18(3,32-33(29,30)19(4,28)7-2)8-9-31-16(12(27)10-26)25-11-22-13-14(21-5)23-17(20)24-15(13)25/h11-12,16,26-28H,6-10H2,1-5H3,(H,29,30)(H3,20,21,23,24)/t12-,16-,18?,19-/m1/s1. The predicted molar refractivity (Wildman–Crippen MR) is 123 cm³/mol. The first-order valence-corrected chi connectivity index (χ1v) is 12.3. The molecule has 7 N–H and O–H groups in total. The van der Waals surface area contributed by atoms with Gasteiger partial charge < -0.3 is 40.5 Å². The number of aromatic nitrogens is 4. The molecule has 5 atom stereocenters. The van der Waals surface area contributed by atoms with Crippen LogP contribution in [0.4, 0.5) is 11.8 Å². The van der Waals surface area contributed by atoms with Crippen molar-refractivity contribution in [2.75, 3.05) is 31.3 Å². The highest BCUT2D eigenvalue weighted by Gasteiger charge is 2.46. The highest BCUT2D eigenvalue weighted by Crippen LogP contribution is 2.58. The molecule has 13 nitrogen and oxygen atoms in total. The Morgan fingerprint density at radius 2 is 1.97 bits per heavy atom. The summed E-state index contributed by atoms with van der Waals surface area (Å²) in [6, 6.07) is 0. The van der Waals surface area contributed by atoms with Crippen LogP contribution in [0.2, 0.25) is 0 Å². The van der Waals surface area contributed by atoms with Crippen LogP contribution in [-0.4, -0.2) is 77.0 Å². The topological polar surface area (TPSA) is 198 Å². The first kappa shape index (κ1) is 27.4. The molecule has 2 unspecified atom stereocenters. The van der Waals surface area contributed by atoms with Gasteiger partial charge in [0.25, 0.3) is 0 Å². The van der Waals surface area contributed by atoms with Gasteiger partial charge in [-0.25, -0.2) is 4.98 Å². The number of nitrogens with one attached hydrogen (secondary N) is 1. The number of nitrogens with two attached hydrogens (primary N) is 1. The molecule has 0 aromatic carbocycles. The fourth-order valence-electron chi connectivity index (χ4n) is 3.04. The second kappa shape index (κ2) is 10.6. The molecule has 2 rings (SSSR count). The number of rotatable bonds is 13. The van der Waals surface area contributed by atoms with Gasteiger partial charge in [0.2, 0.25) is 5.95 Å². The molecule has 0 bridgehead atoms. The predicted octanol–water partition coefficient (Wildman–Crippen LogP) is 1.20. The third-order valence-electron chi connectivity index (χ3n) is 5.76. The van der Waals surface area contributed by atoms with Crippen LogP contribution in [0.15, 0.2) is 6.33 Å². The van der Waals surface area contributed by atoms with E-state index in [9.17, 15) is 24.8 Å². The monoisotopic (exact) mass is 490 g/mol. The lowest BCUT2D eigenvalue weighted by Crippen LogP contribution is -2.35. The number of aliphatic hydroxyl groups is 3. The maximum Gasteiger partial charge on any atom is 0.359 e. The molecule has 0 aliphatic heterocycles. The van der Waals surface area contributed by atoms with Gasteiger partial charge in [0.05, 0.1) is 25.1 Å². The van der Waals surface area contributed by atoms with E-state index in [1.165, 1.54) is 17.8 Å². The summed E-state index contributed by atoms with van der Waals surface area (Å²) in [6.45, 7) is 5.65. The molecule has 2 aromatic heterocycles. The number of hydrogen-bond donors (Lipinski definition) is 6. The van der Waals surface area contributed by atoms with Gasteiger partial charge in [-0.3, -0.25) is 9.13 Å². The van der Waals surface area contributed by atoms with E-state index in [2.05, 4.69) is 20.3 Å². The van der Waals surface area contributed by atoms with Gasteiger partial charge in [-0.15, -0.1) is 0 Å². The molecule has 188 valence electrons. The zero-order valence-electron chi connectivity index (χ0n) is 19.6. The molecule has 0 saturated heterocycles. The molecule has 0 aliphatic carbocycles. The number of aliphatic hydroxyl groups excluding tert-OH is 2. The maximum atomic E-state index is 12.6. The van der Waals surface area contributed by atoms with E-state index in [1.54, 1.807) is 27.8 Å². The summed E-state index contributed by atoms with van der Waals surface area (Å²) in [7, 11) is -2.71. The highest BCUT2D eigenvalue weighted by molar-refractivity contribution is 7.54. The summed E-state index contributed by atoms with van der Waals surface area (Å²) in [5.41, 5.74) is 5.37. The number of fused-ring (bicyclic) bond motifs is 1. The van der Waals surface area contributed by atoms with Crippen molar-refractivity contribution >= 4 is 30.5 Å². The molecule has 0 fully saturated rings. The minimum Gasteiger partial charge on any atom is -0.394 e. The van der Waals surface area contributed by atoms with Crippen molar-refractivity contribution in [1.29, 1.82) is 0 Å². The number of nitrogens with zero attached hydrogens (tertiary/aromatic N) is 4. The normalized spacial score (nSPS) is 19.4. The molecule has 0 radical (unpaired) electrons. The van der Waals surface area contributed by atoms with E-state index in [0.29, 0.717) is 17.8 Å². The van der Waals surface area contributed by atoms with Crippen LogP contribution in [0.5, 0.6) is 0 Å². The van der Waals surface area contributed by atoms with Crippen LogP contribution >= 0.6 is 7.60 Å². The summed E-state index contributed by atoms with van der Waals surface area (Å²) in [4.78, 5) is 22.8. The minimum absolute atomic E-state index is 0.0144. The SMILES string of the molecule is CCC(C)(CCO[C@H]([C@H](O)CO)n1cnc2c(NC)nc(N)nc21)OP(=O)(O)[C@@](C)(O)CC. The fraction of sp³-hybridized carbons (Fsp3) is 0.737. The lowest BCUT2D eigenvalue weighted by atomic mass is 10.0. The van der Waals surface area contributed by atoms with Crippen molar-refractivity contribution in [2.45, 2.75) is 70.2 Å². The molecule has 14 heteroatoms. The van der Waals surface area contributed by atoms with Crippen LogP contribution in [-0.2, 0) is 13.8 Å². The number of ether oxygens (including phenoxy) is 1. The Morgan fingerprint density at radius 3 is 2.52 bits per heavy atom. The number of nitrogen functional groups attached to an aromatic ring is 1. The third-order valence-corrected chi connectivity index (χ3v) is 7.98. The molecule has 0 amide bonds. The van der Waals surface area contributed by atoms with Crippen molar-refractivity contribution in [3.63, 3.8) is 0 Å². The Kier molecular flexibility index (Phi) is 8.80. The summed E-state index contributed by atoms with van der Waals surface area (Å²) < 4.78 is 25.4. The van der Waals surface area contributed by atoms with Gasteiger partial charge >= 0.3 is 7.60 Å². The molecule has 2 aromatic rings. The zero-order valence-corrected chi connectivity index (χ0v) is 20.5. The van der Waals surface area contributed by atoms with E-state index < -0.39 is 37.5 Å². The van der Waals surface area contributed by atoms with Gasteiger partial charge in [0.1, 0.15) is 6.10 Å². The van der Waals surface area contributed by atoms with Crippen LogP contribution in [0.3, 0.4) is 0 Å². The summed E-state index contributed by atoms with van der Waals surface area (Å²) in [6.07, 6.45) is -0.464. The summed E-state index contributed by atoms with van der Waals surface area (Å²) in [5.74, 6) is 0.376. The number of imidazole rings is 1. The Labute approximate surface area is 192 Å². The number of hydrogen-bond acceptors (Lipinski definition) is 11. The van der Waals surface area contributed by atoms with Crippen LogP contribution in [0, 0.1) is 0 Å². The van der Waals surface area contributed by atoms with E-state index in [4.69, 9.17) is 15.0 Å². The first-order valence-electron chi connectivity index (χ1n) is 10.7. The van der Waals surface area contributed by atoms with E-state index in [0.717, 1.165) is 0 Å². The molecule has 0 saturated carbocycles.